The summed E-state index contributed by atoms with van der Waals surface area (Å²) in [6.45, 7) is 4.72. The third kappa shape index (κ3) is 5.48. The maximum atomic E-state index is 6.88. The van der Waals surface area contributed by atoms with Gasteiger partial charge in [-0.05, 0) is 88.0 Å². The molecule has 0 radical (unpaired) electrons. The summed E-state index contributed by atoms with van der Waals surface area (Å²) in [4.78, 5) is 7.76. The third-order valence-electron chi connectivity index (χ3n) is 15.0. The summed E-state index contributed by atoms with van der Waals surface area (Å²) in [5.74, 6) is 0. The van der Waals surface area contributed by atoms with E-state index in [4.69, 9.17) is 9.40 Å². The quantitative estimate of drug-likeness (QED) is 0.167. The Morgan fingerprint density at radius 1 is 0.449 bits per heavy atom. The van der Waals surface area contributed by atoms with E-state index < -0.39 is 0 Å². The van der Waals surface area contributed by atoms with Gasteiger partial charge in [0.2, 0.25) is 0 Å². The first-order valence-corrected chi connectivity index (χ1v) is 24.5. The molecule has 0 fully saturated rings. The zero-order valence-electron chi connectivity index (χ0n) is 37.9. The van der Waals surface area contributed by atoms with Crippen LogP contribution in [-0.4, -0.2) is 9.38 Å². The Hall–Kier alpha value is -8.51. The fraction of sp³-hybridized carbons (Fsp3) is 0.0469. The van der Waals surface area contributed by atoms with E-state index in [9.17, 15) is 0 Å². The van der Waals surface area contributed by atoms with E-state index in [-0.39, 0.29) is 5.41 Å². The van der Waals surface area contributed by atoms with Gasteiger partial charge in [-0.3, -0.25) is 0 Å². The summed E-state index contributed by atoms with van der Waals surface area (Å²) < 4.78 is 10.6. The molecule has 0 atom stereocenters. The van der Waals surface area contributed by atoms with Crippen LogP contribution in [0.15, 0.2) is 217 Å². The minimum Gasteiger partial charge on any atom is -0.455 e. The summed E-state index contributed by atoms with van der Waals surface area (Å²) in [5, 5.41) is 8.23. The number of furan rings is 1. The largest absolute Gasteiger partial charge is 0.455 e. The number of fused-ring (bicyclic) bond motifs is 14. The average Bonchev–Trinajstić information content (AvgIpc) is 4.21. The molecule has 10 aromatic carbocycles. The lowest BCUT2D eigenvalue weighted by molar-refractivity contribution is 0.660. The molecule has 1 aliphatic carbocycles. The molecule has 0 amide bonds. The van der Waals surface area contributed by atoms with E-state index in [2.05, 4.69) is 235 Å². The zero-order chi connectivity index (χ0) is 45.5. The van der Waals surface area contributed by atoms with Gasteiger partial charge < -0.3 is 13.7 Å². The lowest BCUT2D eigenvalue weighted by Crippen LogP contribution is -2.16. The Labute approximate surface area is 401 Å². The molecule has 0 N–H and O–H groups in total. The fourth-order valence-corrected chi connectivity index (χ4v) is 12.8. The number of hydrogen-bond donors (Lipinski definition) is 0. The van der Waals surface area contributed by atoms with Crippen LogP contribution >= 0.6 is 11.3 Å². The monoisotopic (exact) mass is 899 g/mol. The van der Waals surface area contributed by atoms with Crippen LogP contribution in [0.4, 0.5) is 17.1 Å². The highest BCUT2D eigenvalue weighted by Gasteiger charge is 2.36. The Morgan fingerprint density at radius 3 is 1.80 bits per heavy atom. The maximum absolute atomic E-state index is 6.88. The van der Waals surface area contributed by atoms with Gasteiger partial charge in [0.25, 0.3) is 0 Å². The molecule has 0 saturated carbocycles. The molecule has 0 bridgehead atoms. The second-order valence-corrected chi connectivity index (χ2v) is 20.0. The topological polar surface area (TPSA) is 33.7 Å². The molecule has 0 unspecified atom stereocenters. The van der Waals surface area contributed by atoms with Crippen molar-refractivity contribution in [3.63, 3.8) is 0 Å². The maximum Gasteiger partial charge on any atom is 0.143 e. The van der Waals surface area contributed by atoms with Gasteiger partial charge in [0.15, 0.2) is 0 Å². The van der Waals surface area contributed by atoms with Crippen molar-refractivity contribution in [3.05, 3.63) is 223 Å². The summed E-state index contributed by atoms with van der Waals surface area (Å²) in [6, 6.07) is 77.3. The number of rotatable bonds is 6. The van der Waals surface area contributed by atoms with Gasteiger partial charge >= 0.3 is 0 Å². The summed E-state index contributed by atoms with van der Waals surface area (Å²) in [5.41, 5.74) is 20.5. The van der Waals surface area contributed by atoms with Gasteiger partial charge in [-0.25, -0.2) is 4.98 Å². The Balaban J connectivity index is 0.939. The lowest BCUT2D eigenvalue weighted by Gasteiger charge is -2.28. The van der Waals surface area contributed by atoms with E-state index in [0.717, 1.165) is 77.3 Å². The molecule has 324 valence electrons. The highest BCUT2D eigenvalue weighted by atomic mass is 32.1. The highest BCUT2D eigenvalue weighted by Crippen LogP contribution is 2.52. The smallest absolute Gasteiger partial charge is 0.143 e. The minimum atomic E-state index is -0.157. The van der Waals surface area contributed by atoms with Crippen LogP contribution in [-0.2, 0) is 5.41 Å². The molecule has 0 saturated heterocycles. The van der Waals surface area contributed by atoms with Gasteiger partial charge in [-0.2, -0.15) is 0 Å². The van der Waals surface area contributed by atoms with Crippen LogP contribution in [0.25, 0.3) is 114 Å². The number of para-hydroxylation sites is 3. The summed E-state index contributed by atoms with van der Waals surface area (Å²) in [6.07, 6.45) is 0. The van der Waals surface area contributed by atoms with E-state index in [1.165, 1.54) is 65.0 Å². The number of thiazole rings is 1. The molecule has 4 heterocycles. The molecule has 0 aliphatic heterocycles. The minimum absolute atomic E-state index is 0.157. The van der Waals surface area contributed by atoms with Crippen LogP contribution in [0.3, 0.4) is 0 Å². The van der Waals surface area contributed by atoms with E-state index in [0.29, 0.717) is 0 Å². The Morgan fingerprint density at radius 2 is 1.03 bits per heavy atom. The van der Waals surface area contributed by atoms with E-state index in [1.54, 1.807) is 11.3 Å². The summed E-state index contributed by atoms with van der Waals surface area (Å²) in [7, 11) is 0. The molecule has 15 rings (SSSR count). The number of aromatic nitrogens is 2. The molecule has 14 aromatic rings. The van der Waals surface area contributed by atoms with Crippen molar-refractivity contribution in [1.82, 2.24) is 9.38 Å². The number of nitrogens with zero attached hydrogens (tertiary/aromatic N) is 3. The molecule has 5 heteroatoms. The SMILES string of the molecule is CC1(C)c2ccccc2-c2ccc(N(c3ccc(-c4cccc5c4oc4c(-c6ccccc6)cccc45)cc3)c3ccc4c(c3)c3c5sc(-c6ccccc6)nc5cc5c6ccccc6n4c53)cc21. The molecule has 0 spiro atoms. The first kappa shape index (κ1) is 38.6. The van der Waals surface area contributed by atoms with Crippen molar-refractivity contribution in [2.45, 2.75) is 19.3 Å². The van der Waals surface area contributed by atoms with Crippen molar-refractivity contribution in [2.75, 3.05) is 4.90 Å². The molecular formula is C64H41N3OS. The molecule has 4 aromatic heterocycles. The van der Waals surface area contributed by atoms with Crippen LogP contribution in [0, 0.1) is 0 Å². The lowest BCUT2D eigenvalue weighted by atomic mass is 9.82. The molecule has 1 aliphatic rings. The molecule has 69 heavy (non-hydrogen) atoms. The van der Waals surface area contributed by atoms with Gasteiger partial charge in [-0.15, -0.1) is 11.3 Å². The third-order valence-corrected chi connectivity index (χ3v) is 16.1. The predicted octanol–water partition coefficient (Wildman–Crippen LogP) is 18.1. The van der Waals surface area contributed by atoms with Crippen molar-refractivity contribution in [1.29, 1.82) is 0 Å². The Bertz CT molecular complexity index is 4390. The van der Waals surface area contributed by atoms with Gasteiger partial charge in [0, 0.05) is 71.5 Å². The standard InChI is InChI=1S/C64H41N3OS/c1-64(2)53-25-11-9-19-46(53)47-33-31-43(36-54(47)64)66(41-29-27-39(28-30-41)45-22-14-24-50-49-23-13-21-44(60(49)68-61(45)50)38-15-5-3-6-16-38)42-32-34-57-52(35-42)58-59-51(48-20-10-12-26-56(48)67(57)59)37-55-62(58)69-63(65-55)40-17-7-4-8-18-40/h3-37H,1-2H3. The summed E-state index contributed by atoms with van der Waals surface area (Å²) >= 11 is 1.79. The average molecular weight is 900 g/mol. The van der Waals surface area contributed by atoms with Crippen LogP contribution in [0.2, 0.25) is 0 Å². The number of hydrogen-bond acceptors (Lipinski definition) is 4. The van der Waals surface area contributed by atoms with Gasteiger partial charge in [0.05, 0.1) is 26.8 Å². The Kier molecular flexibility index (Phi) is 7.97. The van der Waals surface area contributed by atoms with Crippen LogP contribution in [0.1, 0.15) is 25.0 Å². The predicted molar refractivity (Wildman–Crippen MR) is 290 cm³/mol. The van der Waals surface area contributed by atoms with Gasteiger partial charge in [-0.1, -0.05) is 172 Å². The second-order valence-electron chi connectivity index (χ2n) is 19.1. The van der Waals surface area contributed by atoms with Crippen molar-refractivity contribution in [3.8, 4) is 44.0 Å². The van der Waals surface area contributed by atoms with Crippen LogP contribution < -0.4 is 4.90 Å². The zero-order valence-corrected chi connectivity index (χ0v) is 38.7. The first-order valence-electron chi connectivity index (χ1n) is 23.7. The van der Waals surface area contributed by atoms with Crippen LogP contribution in [0.5, 0.6) is 0 Å². The number of anilines is 3. The fourth-order valence-electron chi connectivity index (χ4n) is 11.7. The second kappa shape index (κ2) is 14.3. The van der Waals surface area contributed by atoms with E-state index >= 15 is 0 Å². The molecule has 4 nitrogen and oxygen atoms in total. The van der Waals surface area contributed by atoms with Crippen molar-refractivity contribution in [2.24, 2.45) is 0 Å². The number of benzene rings is 10. The first-order chi connectivity index (χ1) is 34.0. The van der Waals surface area contributed by atoms with Crippen molar-refractivity contribution < 1.29 is 4.42 Å². The highest BCUT2D eigenvalue weighted by molar-refractivity contribution is 7.22. The van der Waals surface area contributed by atoms with Gasteiger partial charge in [0.1, 0.15) is 16.2 Å². The van der Waals surface area contributed by atoms with E-state index in [1.807, 2.05) is 0 Å². The molecular weight excluding hydrogens is 859 g/mol. The van der Waals surface area contributed by atoms with Crippen molar-refractivity contribution >= 4 is 98.6 Å². The normalized spacial score (nSPS) is 13.2.